The lowest BCUT2D eigenvalue weighted by Crippen LogP contribution is -2.41. The number of hydrogen-bond donors (Lipinski definition) is 3. The highest BCUT2D eigenvalue weighted by Crippen LogP contribution is 2.25. The summed E-state index contributed by atoms with van der Waals surface area (Å²) in [5.41, 5.74) is 0. The van der Waals surface area contributed by atoms with Crippen LogP contribution in [0, 0.1) is 0 Å². The molecule has 0 saturated carbocycles. The van der Waals surface area contributed by atoms with E-state index in [0.29, 0.717) is 0 Å². The summed E-state index contributed by atoms with van der Waals surface area (Å²) in [4.78, 5) is 0. The van der Waals surface area contributed by atoms with Crippen LogP contribution in [0.15, 0.2) is 0 Å². The van der Waals surface area contributed by atoms with Gasteiger partial charge in [0.2, 0.25) is 0 Å². The zero-order chi connectivity index (χ0) is 10.0. The number of ether oxygens (including phenoxy) is 2. The van der Waals surface area contributed by atoms with E-state index in [1.54, 1.807) is 6.92 Å². The van der Waals surface area contributed by atoms with Gasteiger partial charge in [-0.3, -0.25) is 0 Å². The molecule has 0 bridgehead atoms. The van der Waals surface area contributed by atoms with Gasteiger partial charge < -0.3 is 24.8 Å². The maximum atomic E-state index is 9.53. The zero-order valence-corrected chi connectivity index (χ0v) is 7.75. The van der Waals surface area contributed by atoms with Crippen LogP contribution in [-0.4, -0.2) is 59.6 Å². The van der Waals surface area contributed by atoms with E-state index in [-0.39, 0.29) is 6.10 Å². The molecule has 0 aromatic heterocycles. The number of aliphatic hydroxyl groups excluding tert-OH is 3. The average molecular weight is 192 g/mol. The molecular weight excluding hydrogens is 176 g/mol. The molecule has 0 spiro atoms. The van der Waals surface area contributed by atoms with E-state index >= 15 is 0 Å². The highest BCUT2D eigenvalue weighted by atomic mass is 16.6. The molecule has 0 radical (unpaired) electrons. The van der Waals surface area contributed by atoms with Gasteiger partial charge in [0, 0.05) is 7.11 Å². The van der Waals surface area contributed by atoms with E-state index in [1.165, 1.54) is 7.11 Å². The van der Waals surface area contributed by atoms with Gasteiger partial charge in [0.15, 0.2) is 0 Å². The van der Waals surface area contributed by atoms with E-state index in [4.69, 9.17) is 14.6 Å². The van der Waals surface area contributed by atoms with Crippen molar-refractivity contribution in [3.63, 3.8) is 0 Å². The van der Waals surface area contributed by atoms with Gasteiger partial charge in [0.25, 0.3) is 0 Å². The third kappa shape index (κ3) is 2.00. The van der Waals surface area contributed by atoms with Gasteiger partial charge in [-0.15, -0.1) is 0 Å². The maximum Gasteiger partial charge on any atom is 0.115 e. The van der Waals surface area contributed by atoms with Crippen LogP contribution < -0.4 is 0 Å². The molecule has 13 heavy (non-hydrogen) atoms. The molecule has 1 fully saturated rings. The van der Waals surface area contributed by atoms with E-state index in [1.807, 2.05) is 0 Å². The first-order chi connectivity index (χ1) is 6.11. The second-order valence-electron chi connectivity index (χ2n) is 3.25. The van der Waals surface area contributed by atoms with E-state index < -0.39 is 31.0 Å². The van der Waals surface area contributed by atoms with Gasteiger partial charge >= 0.3 is 0 Å². The summed E-state index contributed by atoms with van der Waals surface area (Å²) in [6.07, 6.45) is -3.37. The summed E-state index contributed by atoms with van der Waals surface area (Å²) < 4.78 is 10.2. The first-order valence-electron chi connectivity index (χ1n) is 4.27. The molecule has 1 heterocycles. The lowest BCUT2D eigenvalue weighted by atomic mass is 10.0. The minimum absolute atomic E-state index is 0.379. The molecule has 5 atom stereocenters. The predicted molar refractivity (Wildman–Crippen MR) is 44.2 cm³/mol. The molecule has 0 aromatic carbocycles. The molecule has 0 aliphatic carbocycles. The fourth-order valence-electron chi connectivity index (χ4n) is 1.55. The molecule has 1 rings (SSSR count). The Balaban J connectivity index is 2.64. The van der Waals surface area contributed by atoms with Crippen LogP contribution in [0.25, 0.3) is 0 Å². The molecule has 1 aliphatic heterocycles. The summed E-state index contributed by atoms with van der Waals surface area (Å²) in [6, 6.07) is 0. The standard InChI is InChI=1S/C8H16O5/c1-4-6(11)8(12-2)7(13-4)5(10)3-9/h4-11H,3H2,1-2H3/t4-,5?,6?,7+,8?/m0/s1. The van der Waals surface area contributed by atoms with Crippen LogP contribution in [-0.2, 0) is 9.47 Å². The van der Waals surface area contributed by atoms with Crippen LogP contribution >= 0.6 is 0 Å². The molecule has 1 aliphatic rings. The normalized spacial score (nSPS) is 42.2. The second-order valence-corrected chi connectivity index (χ2v) is 3.25. The zero-order valence-electron chi connectivity index (χ0n) is 7.75. The first kappa shape index (κ1) is 10.9. The number of hydrogen-bond acceptors (Lipinski definition) is 5. The third-order valence-electron chi connectivity index (χ3n) is 2.35. The second kappa shape index (κ2) is 4.34. The van der Waals surface area contributed by atoms with Crippen molar-refractivity contribution < 1.29 is 24.8 Å². The Morgan fingerprint density at radius 2 is 2.15 bits per heavy atom. The minimum atomic E-state index is -1.01. The van der Waals surface area contributed by atoms with Crippen LogP contribution in [0.1, 0.15) is 6.92 Å². The van der Waals surface area contributed by atoms with Crippen LogP contribution in [0.3, 0.4) is 0 Å². The molecule has 3 N–H and O–H groups in total. The largest absolute Gasteiger partial charge is 0.394 e. The predicted octanol–water partition coefficient (Wildman–Crippen LogP) is -1.50. The smallest absolute Gasteiger partial charge is 0.115 e. The monoisotopic (exact) mass is 192 g/mol. The van der Waals surface area contributed by atoms with Gasteiger partial charge in [0.1, 0.15) is 24.4 Å². The Morgan fingerprint density at radius 3 is 2.62 bits per heavy atom. The number of methoxy groups -OCH3 is 1. The van der Waals surface area contributed by atoms with Crippen molar-refractivity contribution in [2.45, 2.75) is 37.4 Å². The Bertz CT molecular complexity index is 163. The Hall–Kier alpha value is -0.200. The van der Waals surface area contributed by atoms with E-state index in [0.717, 1.165) is 0 Å². The molecular formula is C8H16O5. The van der Waals surface area contributed by atoms with Crippen molar-refractivity contribution in [2.24, 2.45) is 0 Å². The lowest BCUT2D eigenvalue weighted by Gasteiger charge is -2.21. The van der Waals surface area contributed by atoms with Crippen molar-refractivity contribution in [1.82, 2.24) is 0 Å². The average Bonchev–Trinajstić information content (AvgIpc) is 2.42. The summed E-state index contributed by atoms with van der Waals surface area (Å²) in [6.45, 7) is 1.30. The fraction of sp³-hybridized carbons (Fsp3) is 1.00. The summed E-state index contributed by atoms with van der Waals surface area (Å²) >= 11 is 0. The molecule has 3 unspecified atom stereocenters. The third-order valence-corrected chi connectivity index (χ3v) is 2.35. The molecule has 5 nitrogen and oxygen atoms in total. The first-order valence-corrected chi connectivity index (χ1v) is 4.27. The van der Waals surface area contributed by atoms with Crippen LogP contribution in [0.5, 0.6) is 0 Å². The quantitative estimate of drug-likeness (QED) is 0.507. The Morgan fingerprint density at radius 1 is 1.54 bits per heavy atom. The molecule has 0 amide bonds. The van der Waals surface area contributed by atoms with Crippen molar-refractivity contribution >= 4 is 0 Å². The highest BCUT2D eigenvalue weighted by Gasteiger charge is 2.44. The van der Waals surface area contributed by atoms with Crippen molar-refractivity contribution in [3.8, 4) is 0 Å². The number of aliphatic hydroxyl groups is 3. The topological polar surface area (TPSA) is 79.2 Å². The number of rotatable bonds is 3. The Labute approximate surface area is 76.9 Å². The maximum absolute atomic E-state index is 9.53. The van der Waals surface area contributed by atoms with Crippen molar-refractivity contribution in [2.75, 3.05) is 13.7 Å². The molecule has 0 aromatic rings. The van der Waals surface area contributed by atoms with Gasteiger partial charge in [-0.1, -0.05) is 0 Å². The van der Waals surface area contributed by atoms with Crippen LogP contribution in [0.4, 0.5) is 0 Å². The highest BCUT2D eigenvalue weighted by molar-refractivity contribution is 4.92. The Kier molecular flexibility index (Phi) is 3.63. The summed E-state index contributed by atoms with van der Waals surface area (Å²) in [5.74, 6) is 0. The van der Waals surface area contributed by atoms with Gasteiger partial charge in [-0.2, -0.15) is 0 Å². The van der Waals surface area contributed by atoms with Gasteiger partial charge in [-0.05, 0) is 6.92 Å². The molecule has 78 valence electrons. The van der Waals surface area contributed by atoms with E-state index in [9.17, 15) is 10.2 Å². The van der Waals surface area contributed by atoms with Gasteiger partial charge in [-0.25, -0.2) is 0 Å². The summed E-state index contributed by atoms with van der Waals surface area (Å²) in [7, 11) is 1.44. The van der Waals surface area contributed by atoms with Crippen molar-refractivity contribution in [1.29, 1.82) is 0 Å². The minimum Gasteiger partial charge on any atom is -0.394 e. The van der Waals surface area contributed by atoms with Gasteiger partial charge in [0.05, 0.1) is 12.7 Å². The lowest BCUT2D eigenvalue weighted by molar-refractivity contribution is -0.0877. The molecule has 5 heteroatoms. The summed E-state index contributed by atoms with van der Waals surface area (Å²) in [5, 5.41) is 27.6. The molecule has 1 saturated heterocycles. The fourth-order valence-corrected chi connectivity index (χ4v) is 1.55. The van der Waals surface area contributed by atoms with Crippen molar-refractivity contribution in [3.05, 3.63) is 0 Å². The SMILES string of the molecule is COC1C(O)[C@H](C)O[C@@H]1C(O)CO. The van der Waals surface area contributed by atoms with E-state index in [2.05, 4.69) is 0 Å². The van der Waals surface area contributed by atoms with Crippen LogP contribution in [0.2, 0.25) is 0 Å².